The van der Waals surface area contributed by atoms with Crippen LogP contribution < -0.4 is 5.32 Å². The Morgan fingerprint density at radius 1 is 1.35 bits per heavy atom. The van der Waals surface area contributed by atoms with Gasteiger partial charge in [0.05, 0.1) is 24.0 Å². The number of carbonyl (C=O) groups excluding carboxylic acids is 1. The first-order valence-electron chi connectivity index (χ1n) is 7.26. The van der Waals surface area contributed by atoms with Crippen LogP contribution in [0.2, 0.25) is 4.34 Å². The summed E-state index contributed by atoms with van der Waals surface area (Å²) in [4.78, 5) is 15.0. The molecule has 0 aliphatic carbocycles. The van der Waals surface area contributed by atoms with Gasteiger partial charge in [-0.1, -0.05) is 23.7 Å². The van der Waals surface area contributed by atoms with E-state index in [2.05, 4.69) is 5.32 Å². The molecule has 0 bridgehead atoms. The summed E-state index contributed by atoms with van der Waals surface area (Å²) in [5, 5.41) is 2.89. The molecule has 1 aromatic carbocycles. The fraction of sp³-hybridized carbons (Fsp3) is 0.312. The summed E-state index contributed by atoms with van der Waals surface area (Å²) in [6, 6.07) is 9.76. The van der Waals surface area contributed by atoms with Crippen LogP contribution in [-0.2, 0) is 11.3 Å². The van der Waals surface area contributed by atoms with Gasteiger partial charge >= 0.3 is 6.03 Å². The number of urea groups is 1. The van der Waals surface area contributed by atoms with Crippen molar-refractivity contribution in [1.82, 2.24) is 10.2 Å². The quantitative estimate of drug-likeness (QED) is 0.910. The largest absolute Gasteiger partial charge is 0.370 e. The lowest BCUT2D eigenvalue weighted by Crippen LogP contribution is -2.46. The fourth-order valence-corrected chi connectivity index (χ4v) is 3.46. The highest BCUT2D eigenvalue weighted by Crippen LogP contribution is 2.23. The topological polar surface area (TPSA) is 41.6 Å². The molecule has 122 valence electrons. The van der Waals surface area contributed by atoms with E-state index in [1.54, 1.807) is 17.0 Å². The van der Waals surface area contributed by atoms with Gasteiger partial charge in [-0.3, -0.25) is 0 Å². The van der Waals surface area contributed by atoms with E-state index in [0.717, 1.165) is 10.4 Å². The zero-order valence-electron chi connectivity index (χ0n) is 12.3. The molecule has 0 saturated carbocycles. The molecular formula is C16H16ClFN2O2S. The van der Waals surface area contributed by atoms with Gasteiger partial charge < -0.3 is 15.0 Å². The van der Waals surface area contributed by atoms with Crippen LogP contribution in [0.5, 0.6) is 0 Å². The van der Waals surface area contributed by atoms with E-state index in [1.165, 1.54) is 23.5 Å². The third kappa shape index (κ3) is 4.22. The minimum Gasteiger partial charge on any atom is -0.370 e. The van der Waals surface area contributed by atoms with E-state index in [0.29, 0.717) is 30.6 Å². The number of halogens is 2. The predicted molar refractivity (Wildman–Crippen MR) is 88.2 cm³/mol. The molecule has 1 fully saturated rings. The Balaban J connectivity index is 1.57. The van der Waals surface area contributed by atoms with Crippen LogP contribution in [-0.4, -0.2) is 30.6 Å². The van der Waals surface area contributed by atoms with Gasteiger partial charge in [-0.25, -0.2) is 9.18 Å². The smallest absolute Gasteiger partial charge is 0.317 e. The summed E-state index contributed by atoms with van der Waals surface area (Å²) in [5.41, 5.74) is 0.869. The molecule has 1 unspecified atom stereocenters. The summed E-state index contributed by atoms with van der Waals surface area (Å²) < 4.78 is 19.4. The van der Waals surface area contributed by atoms with Crippen molar-refractivity contribution in [2.75, 3.05) is 19.7 Å². The summed E-state index contributed by atoms with van der Waals surface area (Å²) in [5.74, 6) is -0.284. The average Bonchev–Trinajstić information content (AvgIpc) is 2.99. The maximum Gasteiger partial charge on any atom is 0.317 e. The molecule has 2 aromatic rings. The third-order valence-corrected chi connectivity index (χ3v) is 4.87. The first-order chi connectivity index (χ1) is 11.1. The molecule has 0 spiro atoms. The monoisotopic (exact) mass is 354 g/mol. The van der Waals surface area contributed by atoms with Crippen LogP contribution >= 0.6 is 22.9 Å². The Labute approximate surface area is 142 Å². The number of hydrogen-bond donors (Lipinski definition) is 1. The van der Waals surface area contributed by atoms with Crippen LogP contribution in [0.1, 0.15) is 16.5 Å². The molecule has 1 saturated heterocycles. The number of nitrogens with zero attached hydrogens (tertiary/aromatic N) is 1. The van der Waals surface area contributed by atoms with Crippen LogP contribution in [0.4, 0.5) is 9.18 Å². The molecule has 2 heterocycles. The standard InChI is InChI=1S/C16H16ClFN2O2S/c17-15-6-5-13(23-15)9-19-16(21)20-7-8-22-14(10-20)11-1-3-12(18)4-2-11/h1-6,14H,7-10H2,(H,19,21). The molecule has 1 aromatic heterocycles. The molecule has 1 atom stereocenters. The normalized spacial score (nSPS) is 18.0. The second kappa shape index (κ2) is 7.29. The number of carbonyl (C=O) groups is 1. The van der Waals surface area contributed by atoms with Crippen LogP contribution in [0.25, 0.3) is 0 Å². The van der Waals surface area contributed by atoms with Crippen molar-refractivity contribution in [1.29, 1.82) is 0 Å². The maximum absolute atomic E-state index is 13.0. The summed E-state index contributed by atoms with van der Waals surface area (Å²) in [7, 11) is 0. The number of amides is 2. The van der Waals surface area contributed by atoms with Crippen molar-refractivity contribution >= 4 is 29.0 Å². The Bertz CT molecular complexity index is 677. The summed E-state index contributed by atoms with van der Waals surface area (Å²) >= 11 is 7.32. The highest BCUT2D eigenvalue weighted by Gasteiger charge is 2.25. The molecule has 1 N–H and O–H groups in total. The molecule has 23 heavy (non-hydrogen) atoms. The predicted octanol–water partition coefficient (Wildman–Crippen LogP) is 3.82. The zero-order chi connectivity index (χ0) is 16.2. The lowest BCUT2D eigenvalue weighted by molar-refractivity contribution is -0.0155. The van der Waals surface area contributed by atoms with Crippen molar-refractivity contribution in [2.24, 2.45) is 0 Å². The Morgan fingerprint density at radius 2 is 2.13 bits per heavy atom. The van der Waals surface area contributed by atoms with E-state index in [9.17, 15) is 9.18 Å². The number of benzene rings is 1. The van der Waals surface area contributed by atoms with Crippen molar-refractivity contribution < 1.29 is 13.9 Å². The lowest BCUT2D eigenvalue weighted by Gasteiger charge is -2.33. The molecule has 1 aliphatic rings. The Hall–Kier alpha value is -1.63. The van der Waals surface area contributed by atoms with E-state index in [-0.39, 0.29) is 18.0 Å². The van der Waals surface area contributed by atoms with Crippen molar-refractivity contribution in [2.45, 2.75) is 12.6 Å². The third-order valence-electron chi connectivity index (χ3n) is 3.64. The number of rotatable bonds is 3. The summed E-state index contributed by atoms with van der Waals surface area (Å²) in [6.07, 6.45) is -0.230. The van der Waals surface area contributed by atoms with E-state index in [1.807, 2.05) is 12.1 Å². The fourth-order valence-electron chi connectivity index (χ4n) is 2.43. The van der Waals surface area contributed by atoms with E-state index < -0.39 is 0 Å². The van der Waals surface area contributed by atoms with Crippen LogP contribution in [0, 0.1) is 5.82 Å². The summed E-state index contributed by atoms with van der Waals surface area (Å²) in [6.45, 7) is 1.90. The molecule has 4 nitrogen and oxygen atoms in total. The number of nitrogens with one attached hydrogen (secondary N) is 1. The minimum atomic E-state index is -0.284. The van der Waals surface area contributed by atoms with E-state index >= 15 is 0 Å². The van der Waals surface area contributed by atoms with Crippen LogP contribution in [0.3, 0.4) is 0 Å². The van der Waals surface area contributed by atoms with Gasteiger partial charge in [0.15, 0.2) is 0 Å². The van der Waals surface area contributed by atoms with Gasteiger partial charge in [-0.05, 0) is 29.8 Å². The van der Waals surface area contributed by atoms with Crippen molar-refractivity contribution in [3.63, 3.8) is 0 Å². The number of hydrogen-bond acceptors (Lipinski definition) is 3. The zero-order valence-corrected chi connectivity index (χ0v) is 13.9. The highest BCUT2D eigenvalue weighted by molar-refractivity contribution is 7.16. The number of thiophene rings is 1. The first kappa shape index (κ1) is 16.2. The van der Waals surface area contributed by atoms with Gasteiger partial charge in [0.1, 0.15) is 11.9 Å². The Morgan fingerprint density at radius 3 is 2.83 bits per heavy atom. The Kier molecular flexibility index (Phi) is 5.15. The molecule has 0 radical (unpaired) electrons. The number of ether oxygens (including phenoxy) is 1. The van der Waals surface area contributed by atoms with Crippen molar-refractivity contribution in [3.05, 3.63) is 57.0 Å². The maximum atomic E-state index is 13.0. The van der Waals surface area contributed by atoms with E-state index in [4.69, 9.17) is 16.3 Å². The molecular weight excluding hydrogens is 339 g/mol. The molecule has 7 heteroatoms. The second-order valence-electron chi connectivity index (χ2n) is 5.22. The molecule has 2 amide bonds. The van der Waals surface area contributed by atoms with Gasteiger partial charge in [0, 0.05) is 11.4 Å². The van der Waals surface area contributed by atoms with Gasteiger partial charge in [-0.2, -0.15) is 0 Å². The van der Waals surface area contributed by atoms with Crippen LogP contribution in [0.15, 0.2) is 36.4 Å². The van der Waals surface area contributed by atoms with Crippen molar-refractivity contribution in [3.8, 4) is 0 Å². The van der Waals surface area contributed by atoms with Gasteiger partial charge in [0.2, 0.25) is 0 Å². The van der Waals surface area contributed by atoms with Gasteiger partial charge in [0.25, 0.3) is 0 Å². The number of morpholine rings is 1. The minimum absolute atomic E-state index is 0.134. The highest BCUT2D eigenvalue weighted by atomic mass is 35.5. The molecule has 1 aliphatic heterocycles. The second-order valence-corrected chi connectivity index (χ2v) is 7.02. The average molecular weight is 355 g/mol. The van der Waals surface area contributed by atoms with Gasteiger partial charge in [-0.15, -0.1) is 11.3 Å². The first-order valence-corrected chi connectivity index (χ1v) is 8.45. The SMILES string of the molecule is O=C(NCc1ccc(Cl)s1)N1CCOC(c2ccc(F)cc2)C1. The lowest BCUT2D eigenvalue weighted by atomic mass is 10.1. The molecule has 3 rings (SSSR count).